The average molecular weight is 465 g/mol. The molecule has 0 radical (unpaired) electrons. The van der Waals surface area contributed by atoms with Gasteiger partial charge in [-0.2, -0.15) is 4.31 Å². The maximum Gasteiger partial charge on any atom is 0.243 e. The SMILES string of the molecule is CC(C)S(=O)(=O)N1CC[C@H]2CC[C@@H](C(=O)N[C@@H]3CCOc4ccccc43)N2C(=O)[C@@H](N)C1. The van der Waals surface area contributed by atoms with Gasteiger partial charge < -0.3 is 20.7 Å². The number of nitrogens with two attached hydrogens (primary N) is 1. The fourth-order valence-electron chi connectivity index (χ4n) is 4.92. The van der Waals surface area contributed by atoms with Crippen molar-refractivity contribution in [1.82, 2.24) is 14.5 Å². The van der Waals surface area contributed by atoms with Crippen molar-refractivity contribution in [2.75, 3.05) is 19.7 Å². The van der Waals surface area contributed by atoms with E-state index >= 15 is 0 Å². The van der Waals surface area contributed by atoms with E-state index in [-0.39, 0.29) is 30.4 Å². The van der Waals surface area contributed by atoms with Gasteiger partial charge in [-0.1, -0.05) is 18.2 Å². The van der Waals surface area contributed by atoms with E-state index in [4.69, 9.17) is 10.5 Å². The van der Waals surface area contributed by atoms with Gasteiger partial charge in [0.1, 0.15) is 11.8 Å². The number of amides is 2. The highest BCUT2D eigenvalue weighted by molar-refractivity contribution is 7.89. The number of fused-ring (bicyclic) bond motifs is 2. The molecule has 4 rings (SSSR count). The third kappa shape index (κ3) is 4.23. The van der Waals surface area contributed by atoms with Gasteiger partial charge in [0.15, 0.2) is 0 Å². The van der Waals surface area contributed by atoms with Crippen molar-refractivity contribution in [2.24, 2.45) is 5.73 Å². The molecule has 3 aliphatic rings. The summed E-state index contributed by atoms with van der Waals surface area (Å²) in [6.07, 6.45) is 2.34. The van der Waals surface area contributed by atoms with Crippen LogP contribution in [-0.4, -0.2) is 72.5 Å². The van der Waals surface area contributed by atoms with Gasteiger partial charge in [-0.15, -0.1) is 0 Å². The minimum absolute atomic E-state index is 0.0652. The third-order valence-electron chi connectivity index (χ3n) is 6.72. The molecule has 0 saturated carbocycles. The molecule has 176 valence electrons. The molecule has 2 saturated heterocycles. The van der Waals surface area contributed by atoms with Crippen molar-refractivity contribution in [3.8, 4) is 5.75 Å². The Labute approximate surface area is 189 Å². The van der Waals surface area contributed by atoms with Crippen molar-refractivity contribution >= 4 is 21.8 Å². The predicted octanol–water partition coefficient (Wildman–Crippen LogP) is 0.757. The maximum absolute atomic E-state index is 13.2. The van der Waals surface area contributed by atoms with Crippen LogP contribution in [0.15, 0.2) is 24.3 Å². The van der Waals surface area contributed by atoms with Crippen LogP contribution in [0.5, 0.6) is 5.75 Å². The molecule has 3 aliphatic heterocycles. The van der Waals surface area contributed by atoms with Gasteiger partial charge in [0, 0.05) is 31.1 Å². The largest absolute Gasteiger partial charge is 0.493 e. The number of rotatable bonds is 4. The molecule has 0 bridgehead atoms. The molecule has 32 heavy (non-hydrogen) atoms. The zero-order valence-corrected chi connectivity index (χ0v) is 19.4. The smallest absolute Gasteiger partial charge is 0.243 e. The molecule has 10 heteroatoms. The second kappa shape index (κ2) is 8.99. The summed E-state index contributed by atoms with van der Waals surface area (Å²) in [5.41, 5.74) is 7.09. The van der Waals surface area contributed by atoms with Crippen LogP contribution in [0.25, 0.3) is 0 Å². The summed E-state index contributed by atoms with van der Waals surface area (Å²) in [5, 5.41) is 2.53. The van der Waals surface area contributed by atoms with Gasteiger partial charge in [-0.25, -0.2) is 8.42 Å². The van der Waals surface area contributed by atoms with Gasteiger partial charge in [-0.05, 0) is 39.2 Å². The Morgan fingerprint density at radius 3 is 2.69 bits per heavy atom. The summed E-state index contributed by atoms with van der Waals surface area (Å²) in [6.45, 7) is 3.99. The molecular formula is C22H32N4O5S. The maximum atomic E-state index is 13.2. The number of benzene rings is 1. The average Bonchev–Trinajstić information content (AvgIpc) is 3.18. The first-order chi connectivity index (χ1) is 15.2. The highest BCUT2D eigenvalue weighted by Gasteiger charge is 2.45. The second-order valence-corrected chi connectivity index (χ2v) is 11.6. The molecule has 1 aromatic rings. The molecule has 0 aliphatic carbocycles. The van der Waals surface area contributed by atoms with Crippen LogP contribution in [-0.2, 0) is 19.6 Å². The van der Waals surface area contributed by atoms with Gasteiger partial charge in [0.2, 0.25) is 21.8 Å². The zero-order valence-electron chi connectivity index (χ0n) is 18.6. The Morgan fingerprint density at radius 2 is 1.94 bits per heavy atom. The lowest BCUT2D eigenvalue weighted by atomic mass is 10.00. The van der Waals surface area contributed by atoms with Crippen molar-refractivity contribution in [1.29, 1.82) is 0 Å². The van der Waals surface area contributed by atoms with Crippen LogP contribution in [0.3, 0.4) is 0 Å². The summed E-state index contributed by atoms with van der Waals surface area (Å²) >= 11 is 0. The summed E-state index contributed by atoms with van der Waals surface area (Å²) in [4.78, 5) is 28.1. The third-order valence-corrected chi connectivity index (χ3v) is 8.96. The van der Waals surface area contributed by atoms with E-state index in [2.05, 4.69) is 5.32 Å². The number of nitrogens with zero attached hydrogens (tertiary/aromatic N) is 2. The molecule has 0 aromatic heterocycles. The van der Waals surface area contributed by atoms with E-state index in [0.29, 0.717) is 38.8 Å². The van der Waals surface area contributed by atoms with Crippen LogP contribution in [0, 0.1) is 0 Å². The number of sulfonamides is 1. The van der Waals surface area contributed by atoms with E-state index in [9.17, 15) is 18.0 Å². The number of ether oxygens (including phenoxy) is 1. The van der Waals surface area contributed by atoms with E-state index in [1.165, 1.54) is 4.31 Å². The van der Waals surface area contributed by atoms with E-state index in [1.807, 2.05) is 24.3 Å². The lowest BCUT2D eigenvalue weighted by Gasteiger charge is -2.38. The highest BCUT2D eigenvalue weighted by atomic mass is 32.2. The second-order valence-electron chi connectivity index (χ2n) is 9.08. The molecule has 0 spiro atoms. The summed E-state index contributed by atoms with van der Waals surface area (Å²) in [7, 11) is -3.51. The lowest BCUT2D eigenvalue weighted by molar-refractivity contribution is -0.142. The lowest BCUT2D eigenvalue weighted by Crippen LogP contribution is -2.59. The van der Waals surface area contributed by atoms with Crippen LogP contribution in [0.1, 0.15) is 51.1 Å². The number of hydrogen-bond donors (Lipinski definition) is 2. The van der Waals surface area contributed by atoms with E-state index in [0.717, 1.165) is 11.3 Å². The number of carbonyl (C=O) groups is 2. The minimum atomic E-state index is -3.51. The zero-order chi connectivity index (χ0) is 23.0. The monoisotopic (exact) mass is 464 g/mol. The molecule has 0 unspecified atom stereocenters. The first-order valence-electron chi connectivity index (χ1n) is 11.3. The topological polar surface area (TPSA) is 122 Å². The fraction of sp³-hybridized carbons (Fsp3) is 0.636. The Morgan fingerprint density at radius 1 is 1.19 bits per heavy atom. The first kappa shape index (κ1) is 23.0. The number of para-hydroxylation sites is 1. The molecule has 9 nitrogen and oxygen atoms in total. The Kier molecular flexibility index (Phi) is 6.46. The van der Waals surface area contributed by atoms with Gasteiger partial charge in [0.25, 0.3) is 0 Å². The van der Waals surface area contributed by atoms with Gasteiger partial charge in [0.05, 0.1) is 23.9 Å². The van der Waals surface area contributed by atoms with E-state index < -0.39 is 27.4 Å². The van der Waals surface area contributed by atoms with Crippen molar-refractivity contribution in [2.45, 2.75) is 68.9 Å². The number of hydrogen-bond acceptors (Lipinski definition) is 6. The highest BCUT2D eigenvalue weighted by Crippen LogP contribution is 2.34. The van der Waals surface area contributed by atoms with Crippen LogP contribution in [0.2, 0.25) is 0 Å². The van der Waals surface area contributed by atoms with Crippen LogP contribution in [0.4, 0.5) is 0 Å². The van der Waals surface area contributed by atoms with Crippen LogP contribution < -0.4 is 15.8 Å². The Balaban J connectivity index is 1.49. The van der Waals surface area contributed by atoms with Gasteiger partial charge >= 0.3 is 0 Å². The molecule has 2 amide bonds. The summed E-state index contributed by atoms with van der Waals surface area (Å²) < 4.78 is 32.3. The summed E-state index contributed by atoms with van der Waals surface area (Å²) in [6, 6.07) is 5.68. The predicted molar refractivity (Wildman–Crippen MR) is 119 cm³/mol. The fourth-order valence-corrected chi connectivity index (χ4v) is 6.24. The Bertz CT molecular complexity index is 982. The van der Waals surface area contributed by atoms with Gasteiger partial charge in [-0.3, -0.25) is 9.59 Å². The van der Waals surface area contributed by atoms with Crippen LogP contribution >= 0.6 is 0 Å². The molecule has 3 N–H and O–H groups in total. The standard InChI is InChI=1S/C22H32N4O5S/c1-14(2)32(29,30)25-11-9-15-7-8-19(26(15)22(28)17(23)13-25)21(27)24-18-10-12-31-20-6-4-3-5-16(18)20/h3-6,14-15,17-19H,7-13,23H2,1-2H3,(H,24,27)/t15-,17+,18-,19+/m1/s1. The Hall–Kier alpha value is -2.17. The quantitative estimate of drug-likeness (QED) is 0.678. The van der Waals surface area contributed by atoms with E-state index in [1.54, 1.807) is 18.7 Å². The van der Waals surface area contributed by atoms with Crippen molar-refractivity contribution < 1.29 is 22.7 Å². The minimum Gasteiger partial charge on any atom is -0.493 e. The first-order valence-corrected chi connectivity index (χ1v) is 12.8. The molecule has 2 fully saturated rings. The normalized spacial score (nSPS) is 29.0. The summed E-state index contributed by atoms with van der Waals surface area (Å²) in [5.74, 6) is 0.217. The molecule has 4 atom stereocenters. The molecular weight excluding hydrogens is 432 g/mol. The number of nitrogens with one attached hydrogen (secondary N) is 1. The molecule has 3 heterocycles. The van der Waals surface area contributed by atoms with Crippen molar-refractivity contribution in [3.05, 3.63) is 29.8 Å². The van der Waals surface area contributed by atoms with Crippen molar-refractivity contribution in [3.63, 3.8) is 0 Å². The molecule has 1 aromatic carbocycles. The number of carbonyl (C=O) groups excluding carboxylic acids is 2.